The van der Waals surface area contributed by atoms with Crippen molar-refractivity contribution >= 4 is 5.91 Å². The monoisotopic (exact) mass is 328 g/mol. The fourth-order valence-corrected chi connectivity index (χ4v) is 3.01. The second kappa shape index (κ2) is 7.49. The van der Waals surface area contributed by atoms with Crippen LogP contribution in [0.15, 0.2) is 30.7 Å². The van der Waals surface area contributed by atoms with Crippen molar-refractivity contribution in [1.29, 1.82) is 0 Å². The molecule has 0 aliphatic carbocycles. The van der Waals surface area contributed by atoms with Crippen molar-refractivity contribution in [2.75, 3.05) is 26.7 Å². The number of hydrogen-bond donors (Lipinski definition) is 2. The van der Waals surface area contributed by atoms with Gasteiger partial charge in [0, 0.05) is 18.3 Å². The van der Waals surface area contributed by atoms with Gasteiger partial charge in [-0.1, -0.05) is 0 Å². The molecule has 0 unspecified atom stereocenters. The number of piperidine rings is 1. The molecular formula is C18H24N4O2. The normalized spacial score (nSPS) is 15.2. The lowest BCUT2D eigenvalue weighted by molar-refractivity contribution is 0.0944. The van der Waals surface area contributed by atoms with Gasteiger partial charge in [-0.25, -0.2) is 4.98 Å². The topological polar surface area (TPSA) is 68.2 Å². The third kappa shape index (κ3) is 3.76. The molecule has 24 heavy (non-hydrogen) atoms. The fourth-order valence-electron chi connectivity index (χ4n) is 3.01. The van der Waals surface area contributed by atoms with E-state index < -0.39 is 0 Å². The average Bonchev–Trinajstić information content (AvgIpc) is 3.06. The molecule has 0 radical (unpaired) electrons. The Hall–Kier alpha value is -2.34. The van der Waals surface area contributed by atoms with Gasteiger partial charge in [-0.05, 0) is 57.0 Å². The van der Waals surface area contributed by atoms with Crippen molar-refractivity contribution in [3.8, 4) is 11.4 Å². The summed E-state index contributed by atoms with van der Waals surface area (Å²) < 4.78 is 7.35. The summed E-state index contributed by atoms with van der Waals surface area (Å²) in [7, 11) is 1.61. The van der Waals surface area contributed by atoms with E-state index in [1.54, 1.807) is 19.5 Å². The maximum Gasteiger partial charge on any atom is 0.251 e. The van der Waals surface area contributed by atoms with Gasteiger partial charge in [0.05, 0.1) is 24.8 Å². The first kappa shape index (κ1) is 16.5. The minimum absolute atomic E-state index is 0.0554. The molecule has 0 atom stereocenters. The molecule has 1 aliphatic rings. The molecule has 1 amide bonds. The van der Waals surface area contributed by atoms with Crippen molar-refractivity contribution in [2.24, 2.45) is 5.92 Å². The molecule has 1 aromatic carbocycles. The maximum atomic E-state index is 12.4. The molecule has 1 fully saturated rings. The van der Waals surface area contributed by atoms with Gasteiger partial charge in [0.25, 0.3) is 5.91 Å². The quantitative estimate of drug-likeness (QED) is 0.880. The van der Waals surface area contributed by atoms with E-state index in [9.17, 15) is 4.79 Å². The molecule has 0 bridgehead atoms. The molecular weight excluding hydrogens is 304 g/mol. The largest absolute Gasteiger partial charge is 0.495 e. The van der Waals surface area contributed by atoms with Crippen molar-refractivity contribution in [2.45, 2.75) is 19.8 Å². The van der Waals surface area contributed by atoms with E-state index >= 15 is 0 Å². The van der Waals surface area contributed by atoms with Crippen LogP contribution < -0.4 is 15.4 Å². The van der Waals surface area contributed by atoms with E-state index in [1.165, 1.54) is 0 Å². The SMILES string of the molecule is COc1cc(C(=O)NCC2CCNCC2)ccc1-n1cnc(C)c1. The van der Waals surface area contributed by atoms with Crippen LogP contribution in [0.25, 0.3) is 5.69 Å². The molecule has 1 aromatic heterocycles. The molecule has 6 heteroatoms. The number of amides is 1. The average molecular weight is 328 g/mol. The number of carbonyl (C=O) groups is 1. The molecule has 2 aromatic rings. The van der Waals surface area contributed by atoms with Crippen molar-refractivity contribution in [1.82, 2.24) is 20.2 Å². The molecule has 0 spiro atoms. The number of ether oxygens (including phenoxy) is 1. The lowest BCUT2D eigenvalue weighted by Gasteiger charge is -2.22. The predicted molar refractivity (Wildman–Crippen MR) is 92.8 cm³/mol. The first-order valence-electron chi connectivity index (χ1n) is 8.35. The van der Waals surface area contributed by atoms with E-state index in [0.29, 0.717) is 17.2 Å². The molecule has 2 heterocycles. The van der Waals surface area contributed by atoms with Crippen LogP contribution in [0.1, 0.15) is 28.9 Å². The Labute approximate surface area is 142 Å². The van der Waals surface area contributed by atoms with Gasteiger partial charge in [-0.2, -0.15) is 0 Å². The first-order chi connectivity index (χ1) is 11.7. The van der Waals surface area contributed by atoms with Gasteiger partial charge in [-0.15, -0.1) is 0 Å². The second-order valence-corrected chi connectivity index (χ2v) is 6.21. The first-order valence-corrected chi connectivity index (χ1v) is 8.35. The van der Waals surface area contributed by atoms with Crippen molar-refractivity contribution in [3.63, 3.8) is 0 Å². The van der Waals surface area contributed by atoms with Gasteiger partial charge < -0.3 is 19.9 Å². The number of nitrogens with one attached hydrogen (secondary N) is 2. The van der Waals surface area contributed by atoms with E-state index in [-0.39, 0.29) is 5.91 Å². The number of nitrogens with zero attached hydrogens (tertiary/aromatic N) is 2. The maximum absolute atomic E-state index is 12.4. The Bertz CT molecular complexity index is 705. The summed E-state index contributed by atoms with van der Waals surface area (Å²) in [5.41, 5.74) is 2.41. The highest BCUT2D eigenvalue weighted by Gasteiger charge is 2.16. The number of imidazole rings is 1. The minimum atomic E-state index is -0.0554. The Morgan fingerprint density at radius 1 is 1.42 bits per heavy atom. The molecule has 1 saturated heterocycles. The molecule has 1 aliphatic heterocycles. The highest BCUT2D eigenvalue weighted by molar-refractivity contribution is 5.95. The van der Waals surface area contributed by atoms with Crippen LogP contribution in [-0.4, -0.2) is 42.2 Å². The van der Waals surface area contributed by atoms with E-state index in [0.717, 1.165) is 43.9 Å². The zero-order valence-corrected chi connectivity index (χ0v) is 14.2. The third-order valence-electron chi connectivity index (χ3n) is 4.44. The lowest BCUT2D eigenvalue weighted by atomic mass is 9.98. The number of methoxy groups -OCH3 is 1. The van der Waals surface area contributed by atoms with E-state index in [1.807, 2.05) is 29.8 Å². The van der Waals surface area contributed by atoms with Crippen LogP contribution in [-0.2, 0) is 0 Å². The van der Waals surface area contributed by atoms with Gasteiger partial charge in [-0.3, -0.25) is 4.79 Å². The Morgan fingerprint density at radius 2 is 2.21 bits per heavy atom. The standard InChI is InChI=1S/C18H24N4O2/c1-13-11-22(12-21-13)16-4-3-15(9-17(16)24-2)18(23)20-10-14-5-7-19-8-6-14/h3-4,9,11-12,14,19H,5-8,10H2,1-2H3,(H,20,23). The summed E-state index contributed by atoms with van der Waals surface area (Å²) in [5.74, 6) is 1.16. The van der Waals surface area contributed by atoms with E-state index in [4.69, 9.17) is 4.74 Å². The number of hydrogen-bond acceptors (Lipinski definition) is 4. The number of aryl methyl sites for hydroxylation is 1. The summed E-state index contributed by atoms with van der Waals surface area (Å²) in [5, 5.41) is 6.38. The number of benzene rings is 1. The van der Waals surface area contributed by atoms with E-state index in [2.05, 4.69) is 15.6 Å². The Kier molecular flexibility index (Phi) is 5.15. The molecule has 2 N–H and O–H groups in total. The predicted octanol–water partition coefficient (Wildman–Crippen LogP) is 1.92. The van der Waals surface area contributed by atoms with Gasteiger partial charge in [0.15, 0.2) is 0 Å². The summed E-state index contributed by atoms with van der Waals surface area (Å²) in [6.45, 7) is 4.73. The van der Waals surface area contributed by atoms with Crippen molar-refractivity contribution in [3.05, 3.63) is 42.0 Å². The van der Waals surface area contributed by atoms with Crippen molar-refractivity contribution < 1.29 is 9.53 Å². The number of aromatic nitrogens is 2. The minimum Gasteiger partial charge on any atom is -0.495 e. The van der Waals surface area contributed by atoms with Crippen LogP contribution in [0.5, 0.6) is 5.75 Å². The lowest BCUT2D eigenvalue weighted by Crippen LogP contribution is -2.35. The highest BCUT2D eigenvalue weighted by atomic mass is 16.5. The van der Waals surface area contributed by atoms with Crippen LogP contribution in [0.4, 0.5) is 0 Å². The third-order valence-corrected chi connectivity index (χ3v) is 4.44. The Balaban J connectivity index is 1.70. The summed E-state index contributed by atoms with van der Waals surface area (Å²) in [6, 6.07) is 5.49. The van der Waals surface area contributed by atoms with Crippen LogP contribution in [0, 0.1) is 12.8 Å². The second-order valence-electron chi connectivity index (χ2n) is 6.21. The molecule has 128 valence electrons. The molecule has 0 saturated carbocycles. The molecule has 3 rings (SSSR count). The molecule has 6 nitrogen and oxygen atoms in total. The summed E-state index contributed by atoms with van der Waals surface area (Å²) in [4.78, 5) is 16.6. The highest BCUT2D eigenvalue weighted by Crippen LogP contribution is 2.24. The zero-order chi connectivity index (χ0) is 16.9. The fraction of sp³-hybridized carbons (Fsp3) is 0.444. The van der Waals surface area contributed by atoms with Crippen LogP contribution in [0.2, 0.25) is 0 Å². The van der Waals surface area contributed by atoms with Gasteiger partial charge in [0.2, 0.25) is 0 Å². The smallest absolute Gasteiger partial charge is 0.251 e. The van der Waals surface area contributed by atoms with Gasteiger partial charge >= 0.3 is 0 Å². The Morgan fingerprint density at radius 3 is 2.88 bits per heavy atom. The zero-order valence-electron chi connectivity index (χ0n) is 14.2. The number of rotatable bonds is 5. The summed E-state index contributed by atoms with van der Waals surface area (Å²) in [6.07, 6.45) is 5.89. The summed E-state index contributed by atoms with van der Waals surface area (Å²) >= 11 is 0. The number of carbonyl (C=O) groups excluding carboxylic acids is 1. The van der Waals surface area contributed by atoms with Crippen LogP contribution >= 0.6 is 0 Å². The van der Waals surface area contributed by atoms with Crippen LogP contribution in [0.3, 0.4) is 0 Å². The van der Waals surface area contributed by atoms with Gasteiger partial charge in [0.1, 0.15) is 5.75 Å².